The first kappa shape index (κ1) is 17.9. The fraction of sp³-hybridized carbons (Fsp3) is 0.556. The topological polar surface area (TPSA) is 57.7 Å². The lowest BCUT2D eigenvalue weighted by Gasteiger charge is -2.31. The molecule has 136 valence electrons. The standard InChI is InChI=1S/C18H26N4O2S/c1-21(2)11-8-19-17(23)13-6-9-22(10-7-13)18-20-15-5-4-14(24-3)12-16(15)25-18/h4-5,12-13H,6-11H2,1-3H3,(H,19,23). The van der Waals surface area contributed by atoms with E-state index in [0.29, 0.717) is 6.54 Å². The summed E-state index contributed by atoms with van der Waals surface area (Å²) in [6.07, 6.45) is 1.76. The third-order valence-electron chi connectivity index (χ3n) is 4.58. The van der Waals surface area contributed by atoms with Crippen molar-refractivity contribution < 1.29 is 9.53 Å². The monoisotopic (exact) mass is 362 g/mol. The Morgan fingerprint density at radius 3 is 2.84 bits per heavy atom. The molecular weight excluding hydrogens is 336 g/mol. The molecule has 0 aliphatic carbocycles. The molecular formula is C18H26N4O2S. The minimum atomic E-state index is 0.118. The molecule has 0 radical (unpaired) electrons. The van der Waals surface area contributed by atoms with Crippen LogP contribution in [0.4, 0.5) is 5.13 Å². The second-order valence-electron chi connectivity index (χ2n) is 6.69. The zero-order chi connectivity index (χ0) is 17.8. The molecule has 0 saturated carbocycles. The Labute approximate surface area is 152 Å². The number of thiazole rings is 1. The highest BCUT2D eigenvalue weighted by atomic mass is 32.1. The van der Waals surface area contributed by atoms with Crippen LogP contribution in [0, 0.1) is 5.92 Å². The summed E-state index contributed by atoms with van der Waals surface area (Å²) in [5.74, 6) is 1.17. The summed E-state index contributed by atoms with van der Waals surface area (Å²) in [5, 5.41) is 4.08. The first-order valence-electron chi connectivity index (χ1n) is 8.69. The molecule has 7 heteroatoms. The van der Waals surface area contributed by atoms with E-state index in [0.717, 1.165) is 53.6 Å². The van der Waals surface area contributed by atoms with Crippen LogP contribution in [-0.2, 0) is 4.79 Å². The number of fused-ring (bicyclic) bond motifs is 1. The molecule has 1 aromatic carbocycles. The Bertz CT molecular complexity index is 723. The van der Waals surface area contributed by atoms with Gasteiger partial charge in [-0.15, -0.1) is 0 Å². The number of likely N-dealkylation sites (N-methyl/N-ethyl adjacent to an activating group) is 1. The number of nitrogens with one attached hydrogen (secondary N) is 1. The number of rotatable bonds is 6. The Morgan fingerprint density at radius 1 is 1.40 bits per heavy atom. The highest BCUT2D eigenvalue weighted by Crippen LogP contribution is 2.33. The van der Waals surface area contributed by atoms with Crippen LogP contribution in [0.1, 0.15) is 12.8 Å². The molecule has 1 fully saturated rings. The molecule has 2 aromatic rings. The largest absolute Gasteiger partial charge is 0.497 e. The van der Waals surface area contributed by atoms with Gasteiger partial charge in [0.15, 0.2) is 5.13 Å². The summed E-state index contributed by atoms with van der Waals surface area (Å²) in [4.78, 5) is 21.4. The molecule has 1 amide bonds. The number of hydrogen-bond acceptors (Lipinski definition) is 6. The maximum atomic E-state index is 12.3. The Morgan fingerprint density at radius 2 is 2.16 bits per heavy atom. The molecule has 0 atom stereocenters. The highest BCUT2D eigenvalue weighted by molar-refractivity contribution is 7.22. The number of anilines is 1. The summed E-state index contributed by atoms with van der Waals surface area (Å²) in [6, 6.07) is 5.97. The van der Waals surface area contributed by atoms with Crippen molar-refractivity contribution in [2.45, 2.75) is 12.8 Å². The zero-order valence-corrected chi connectivity index (χ0v) is 15.9. The van der Waals surface area contributed by atoms with Crippen LogP contribution in [-0.4, -0.2) is 63.2 Å². The average Bonchev–Trinajstić information content (AvgIpc) is 3.04. The normalized spacial score (nSPS) is 15.8. The van der Waals surface area contributed by atoms with Gasteiger partial charge in [0.05, 0.1) is 17.3 Å². The van der Waals surface area contributed by atoms with Crippen molar-refractivity contribution in [3.63, 3.8) is 0 Å². The molecule has 3 rings (SSSR count). The molecule has 1 N–H and O–H groups in total. The minimum Gasteiger partial charge on any atom is -0.497 e. The number of hydrogen-bond donors (Lipinski definition) is 1. The lowest BCUT2D eigenvalue weighted by atomic mass is 9.96. The second-order valence-corrected chi connectivity index (χ2v) is 7.69. The lowest BCUT2D eigenvalue weighted by Crippen LogP contribution is -2.42. The van der Waals surface area contributed by atoms with Gasteiger partial charge < -0.3 is 19.9 Å². The fourth-order valence-corrected chi connectivity index (χ4v) is 4.08. The first-order chi connectivity index (χ1) is 12.1. The van der Waals surface area contributed by atoms with E-state index in [2.05, 4.69) is 15.1 Å². The molecule has 1 aromatic heterocycles. The van der Waals surface area contributed by atoms with Gasteiger partial charge in [-0.2, -0.15) is 0 Å². The van der Waals surface area contributed by atoms with Crippen molar-refractivity contribution in [1.29, 1.82) is 0 Å². The fourth-order valence-electron chi connectivity index (χ4n) is 3.04. The molecule has 1 aliphatic heterocycles. The number of amides is 1. The van der Waals surface area contributed by atoms with Crippen LogP contribution in [0.25, 0.3) is 10.2 Å². The van der Waals surface area contributed by atoms with Crippen LogP contribution in [0.3, 0.4) is 0 Å². The Kier molecular flexibility index (Phi) is 5.75. The first-order valence-corrected chi connectivity index (χ1v) is 9.50. The van der Waals surface area contributed by atoms with Crippen molar-refractivity contribution in [2.75, 3.05) is 52.3 Å². The molecule has 0 unspecified atom stereocenters. The summed E-state index contributed by atoms with van der Waals surface area (Å²) in [5.41, 5.74) is 1.00. The Balaban J connectivity index is 1.56. The van der Waals surface area contributed by atoms with Crippen molar-refractivity contribution >= 4 is 32.6 Å². The maximum absolute atomic E-state index is 12.3. The van der Waals surface area contributed by atoms with Crippen molar-refractivity contribution in [3.8, 4) is 5.75 Å². The van der Waals surface area contributed by atoms with Crippen LogP contribution in [0.5, 0.6) is 5.75 Å². The summed E-state index contributed by atoms with van der Waals surface area (Å²) < 4.78 is 6.42. The van der Waals surface area contributed by atoms with Crippen molar-refractivity contribution in [2.24, 2.45) is 5.92 Å². The number of nitrogens with zero attached hydrogens (tertiary/aromatic N) is 3. The molecule has 6 nitrogen and oxygen atoms in total. The third kappa shape index (κ3) is 4.41. The number of aromatic nitrogens is 1. The number of carbonyl (C=O) groups excluding carboxylic acids is 1. The summed E-state index contributed by atoms with van der Waals surface area (Å²) in [7, 11) is 5.70. The second kappa shape index (κ2) is 8.01. The van der Waals surface area contributed by atoms with Gasteiger partial charge in [0, 0.05) is 32.1 Å². The number of benzene rings is 1. The number of ether oxygens (including phenoxy) is 1. The van der Waals surface area contributed by atoms with Gasteiger partial charge in [0.25, 0.3) is 0 Å². The van der Waals surface area contributed by atoms with Crippen LogP contribution in [0.15, 0.2) is 18.2 Å². The number of methoxy groups -OCH3 is 1. The van der Waals surface area contributed by atoms with E-state index in [4.69, 9.17) is 9.72 Å². The number of piperidine rings is 1. The molecule has 0 bridgehead atoms. The van der Waals surface area contributed by atoms with Crippen LogP contribution < -0.4 is 15.0 Å². The quantitative estimate of drug-likeness (QED) is 0.854. The minimum absolute atomic E-state index is 0.118. The van der Waals surface area contributed by atoms with Gasteiger partial charge in [-0.3, -0.25) is 4.79 Å². The summed E-state index contributed by atoms with van der Waals surface area (Å²) >= 11 is 1.69. The number of carbonyl (C=O) groups is 1. The molecule has 1 aliphatic rings. The van der Waals surface area contributed by atoms with Crippen LogP contribution in [0.2, 0.25) is 0 Å². The van der Waals surface area contributed by atoms with E-state index >= 15 is 0 Å². The smallest absolute Gasteiger partial charge is 0.223 e. The van der Waals surface area contributed by atoms with E-state index < -0.39 is 0 Å². The van der Waals surface area contributed by atoms with Gasteiger partial charge in [-0.25, -0.2) is 4.98 Å². The van der Waals surface area contributed by atoms with Gasteiger partial charge in [-0.1, -0.05) is 11.3 Å². The molecule has 0 spiro atoms. The maximum Gasteiger partial charge on any atom is 0.223 e. The van der Waals surface area contributed by atoms with Crippen LogP contribution >= 0.6 is 11.3 Å². The summed E-state index contributed by atoms with van der Waals surface area (Å²) in [6.45, 7) is 3.34. The predicted molar refractivity (Wildman–Crippen MR) is 103 cm³/mol. The van der Waals surface area contributed by atoms with Gasteiger partial charge >= 0.3 is 0 Å². The molecule has 2 heterocycles. The van der Waals surface area contributed by atoms with E-state index in [1.165, 1.54) is 0 Å². The van der Waals surface area contributed by atoms with Gasteiger partial charge in [0.2, 0.25) is 5.91 Å². The lowest BCUT2D eigenvalue weighted by molar-refractivity contribution is -0.125. The van der Waals surface area contributed by atoms with E-state index in [-0.39, 0.29) is 11.8 Å². The average molecular weight is 362 g/mol. The zero-order valence-electron chi connectivity index (χ0n) is 15.1. The SMILES string of the molecule is COc1ccc2nc(N3CCC(C(=O)NCCN(C)C)CC3)sc2c1. The van der Waals surface area contributed by atoms with Crippen molar-refractivity contribution in [1.82, 2.24) is 15.2 Å². The van der Waals surface area contributed by atoms with E-state index in [9.17, 15) is 4.79 Å². The third-order valence-corrected chi connectivity index (χ3v) is 5.66. The molecule has 25 heavy (non-hydrogen) atoms. The highest BCUT2D eigenvalue weighted by Gasteiger charge is 2.26. The van der Waals surface area contributed by atoms with E-state index in [1.54, 1.807) is 18.4 Å². The molecule has 1 saturated heterocycles. The predicted octanol–water partition coefficient (Wildman–Crippen LogP) is 2.20. The van der Waals surface area contributed by atoms with Gasteiger partial charge in [0.1, 0.15) is 5.75 Å². The Hall–Kier alpha value is -1.86. The van der Waals surface area contributed by atoms with Gasteiger partial charge in [-0.05, 0) is 45.1 Å². The van der Waals surface area contributed by atoms with E-state index in [1.807, 2.05) is 32.3 Å². The van der Waals surface area contributed by atoms with Crippen molar-refractivity contribution in [3.05, 3.63) is 18.2 Å².